The van der Waals surface area contributed by atoms with Crippen LogP contribution in [0.1, 0.15) is 26.7 Å². The molecule has 0 unspecified atom stereocenters. The van der Waals surface area contributed by atoms with E-state index in [1.807, 2.05) is 6.07 Å². The summed E-state index contributed by atoms with van der Waals surface area (Å²) in [6.45, 7) is 2.00. The average molecular weight is 357 g/mol. The molecule has 2 rings (SSSR count). The molecule has 0 saturated carbocycles. The first kappa shape index (κ1) is 18.7. The van der Waals surface area contributed by atoms with Crippen LogP contribution in [0.25, 0.3) is 0 Å². The van der Waals surface area contributed by atoms with Crippen molar-refractivity contribution in [1.29, 1.82) is 5.26 Å². The number of hydrogen-bond donors (Lipinski definition) is 2. The van der Waals surface area contributed by atoms with E-state index in [2.05, 4.69) is 5.32 Å². The lowest BCUT2D eigenvalue weighted by atomic mass is 10.0. The third-order valence-corrected chi connectivity index (χ3v) is 4.06. The van der Waals surface area contributed by atoms with Gasteiger partial charge in [-0.15, -0.1) is 0 Å². The van der Waals surface area contributed by atoms with Gasteiger partial charge in [-0.1, -0.05) is 0 Å². The van der Waals surface area contributed by atoms with Crippen molar-refractivity contribution in [2.45, 2.75) is 44.5 Å². The number of alkyl halides is 3. The molecule has 1 aliphatic heterocycles. The van der Waals surface area contributed by atoms with Gasteiger partial charge >= 0.3 is 12.3 Å². The Kier molecular flexibility index (Phi) is 5.02. The summed E-state index contributed by atoms with van der Waals surface area (Å²) in [5.74, 6) is 0.410. The molecular formula is C16H18F3N3O3. The summed E-state index contributed by atoms with van der Waals surface area (Å²) in [6, 6.07) is 6.04. The molecule has 1 atom stereocenters. The van der Waals surface area contributed by atoms with E-state index in [9.17, 15) is 23.1 Å². The van der Waals surface area contributed by atoms with E-state index in [1.165, 1.54) is 18.2 Å². The van der Waals surface area contributed by atoms with Crippen LogP contribution in [0.5, 0.6) is 5.75 Å². The minimum absolute atomic E-state index is 0.111. The van der Waals surface area contributed by atoms with Gasteiger partial charge in [0.05, 0.1) is 24.0 Å². The number of nitriles is 1. The predicted molar refractivity (Wildman–Crippen MR) is 84.8 cm³/mol. The molecule has 2 N–H and O–H groups in total. The number of nitrogens with one attached hydrogen (secondary N) is 1. The highest BCUT2D eigenvalue weighted by molar-refractivity contribution is 5.89. The van der Waals surface area contributed by atoms with E-state index >= 15 is 0 Å². The average Bonchev–Trinajstić information content (AvgIpc) is 2.51. The third kappa shape index (κ3) is 3.73. The van der Waals surface area contributed by atoms with Crippen LogP contribution >= 0.6 is 0 Å². The molecule has 0 fully saturated rings. The van der Waals surface area contributed by atoms with Crippen molar-refractivity contribution in [2.75, 3.05) is 16.8 Å². The van der Waals surface area contributed by atoms with E-state index in [-0.39, 0.29) is 16.7 Å². The van der Waals surface area contributed by atoms with Crippen molar-refractivity contribution in [3.63, 3.8) is 0 Å². The minimum atomic E-state index is -4.74. The summed E-state index contributed by atoms with van der Waals surface area (Å²) < 4.78 is 45.5. The summed E-state index contributed by atoms with van der Waals surface area (Å²) in [4.78, 5) is 11.8. The SMILES string of the molecule is CC(C)(N(C(=O)O)c1ccc2c(c1)NC[C@H](CCC#N)O2)C(F)(F)F. The standard InChI is InChI=1S/C16H18F3N3O3/c1-15(2,16(17,18)19)22(14(23)24)10-5-6-13-12(8-10)21-9-11(25-13)4-3-7-20/h5-6,8,11,21H,3-4,9H2,1-2H3,(H,23,24)/t11-/m0/s1. The van der Waals surface area contributed by atoms with Crippen molar-refractivity contribution in [1.82, 2.24) is 0 Å². The van der Waals surface area contributed by atoms with Crippen LogP contribution in [-0.2, 0) is 0 Å². The first-order chi connectivity index (χ1) is 11.6. The summed E-state index contributed by atoms with van der Waals surface area (Å²) >= 11 is 0. The first-order valence-corrected chi connectivity index (χ1v) is 7.59. The van der Waals surface area contributed by atoms with Gasteiger partial charge in [0.25, 0.3) is 0 Å². The smallest absolute Gasteiger partial charge is 0.412 e. The number of benzene rings is 1. The minimum Gasteiger partial charge on any atom is -0.486 e. The van der Waals surface area contributed by atoms with Crippen molar-refractivity contribution in [3.05, 3.63) is 18.2 Å². The Hall–Kier alpha value is -2.63. The molecule has 1 aromatic rings. The monoisotopic (exact) mass is 357 g/mol. The molecule has 1 heterocycles. The molecule has 0 aliphatic carbocycles. The fraction of sp³-hybridized carbons (Fsp3) is 0.500. The van der Waals surface area contributed by atoms with Crippen molar-refractivity contribution >= 4 is 17.5 Å². The Balaban J connectivity index is 2.32. The molecule has 0 aromatic heterocycles. The lowest BCUT2D eigenvalue weighted by molar-refractivity contribution is -0.175. The number of carbonyl (C=O) groups is 1. The highest BCUT2D eigenvalue weighted by atomic mass is 19.4. The second-order valence-corrected chi connectivity index (χ2v) is 6.17. The van der Waals surface area contributed by atoms with Gasteiger partial charge in [-0.2, -0.15) is 18.4 Å². The summed E-state index contributed by atoms with van der Waals surface area (Å²) in [6.07, 6.45) is -5.82. The van der Waals surface area contributed by atoms with E-state index in [4.69, 9.17) is 10.00 Å². The highest BCUT2D eigenvalue weighted by Crippen LogP contribution is 2.41. The zero-order chi connectivity index (χ0) is 18.8. The van der Waals surface area contributed by atoms with E-state index in [0.29, 0.717) is 30.8 Å². The molecular weight excluding hydrogens is 339 g/mol. The number of halogens is 3. The number of amides is 1. The van der Waals surface area contributed by atoms with Crippen LogP contribution in [0.3, 0.4) is 0 Å². The first-order valence-electron chi connectivity index (χ1n) is 7.59. The fourth-order valence-corrected chi connectivity index (χ4v) is 2.53. The maximum Gasteiger partial charge on any atom is 0.412 e. The maximum atomic E-state index is 13.3. The zero-order valence-corrected chi connectivity index (χ0v) is 13.7. The Morgan fingerprint density at radius 1 is 1.48 bits per heavy atom. The van der Waals surface area contributed by atoms with Crippen molar-refractivity contribution < 1.29 is 27.8 Å². The normalized spacial score (nSPS) is 16.9. The van der Waals surface area contributed by atoms with Crippen molar-refractivity contribution in [3.8, 4) is 11.8 Å². The van der Waals surface area contributed by atoms with Crippen LogP contribution in [0, 0.1) is 11.3 Å². The van der Waals surface area contributed by atoms with Crippen LogP contribution < -0.4 is 15.0 Å². The number of nitrogens with zero attached hydrogens (tertiary/aromatic N) is 2. The molecule has 25 heavy (non-hydrogen) atoms. The van der Waals surface area contributed by atoms with Gasteiger partial charge in [-0.25, -0.2) is 4.79 Å². The lowest BCUT2D eigenvalue weighted by Crippen LogP contribution is -2.57. The second kappa shape index (κ2) is 6.70. The van der Waals surface area contributed by atoms with E-state index in [0.717, 1.165) is 13.8 Å². The Morgan fingerprint density at radius 2 is 2.16 bits per heavy atom. The van der Waals surface area contributed by atoms with Crippen LogP contribution in [-0.4, -0.2) is 35.6 Å². The largest absolute Gasteiger partial charge is 0.486 e. The number of hydrogen-bond acceptors (Lipinski definition) is 4. The van der Waals surface area contributed by atoms with Gasteiger partial charge in [-0.3, -0.25) is 4.90 Å². The molecule has 0 spiro atoms. The zero-order valence-electron chi connectivity index (χ0n) is 13.7. The molecule has 1 amide bonds. The van der Waals surface area contributed by atoms with Gasteiger partial charge in [0.15, 0.2) is 0 Å². The number of rotatable bonds is 4. The molecule has 136 valence electrons. The quantitative estimate of drug-likeness (QED) is 0.851. The number of carboxylic acid groups (broad SMARTS) is 1. The topological polar surface area (TPSA) is 85.6 Å². The van der Waals surface area contributed by atoms with Gasteiger partial charge in [0, 0.05) is 6.42 Å². The molecule has 9 heteroatoms. The third-order valence-electron chi connectivity index (χ3n) is 4.06. The molecule has 0 saturated heterocycles. The maximum absolute atomic E-state index is 13.3. The summed E-state index contributed by atoms with van der Waals surface area (Å²) in [7, 11) is 0. The predicted octanol–water partition coefficient (Wildman–Crippen LogP) is 3.99. The van der Waals surface area contributed by atoms with Gasteiger partial charge in [0.1, 0.15) is 17.4 Å². The molecule has 6 nitrogen and oxygen atoms in total. The molecule has 0 bridgehead atoms. The summed E-state index contributed by atoms with van der Waals surface area (Å²) in [5, 5.41) is 20.9. The molecule has 0 radical (unpaired) electrons. The highest BCUT2D eigenvalue weighted by Gasteiger charge is 2.54. The van der Waals surface area contributed by atoms with Gasteiger partial charge in [0.2, 0.25) is 0 Å². The summed E-state index contributed by atoms with van der Waals surface area (Å²) in [5.41, 5.74) is -2.30. The van der Waals surface area contributed by atoms with Crippen LogP contribution in [0.4, 0.5) is 29.3 Å². The lowest BCUT2D eigenvalue weighted by Gasteiger charge is -2.38. The van der Waals surface area contributed by atoms with Crippen molar-refractivity contribution in [2.24, 2.45) is 0 Å². The number of fused-ring (bicyclic) bond motifs is 1. The molecule has 1 aromatic carbocycles. The second-order valence-electron chi connectivity index (χ2n) is 6.17. The van der Waals surface area contributed by atoms with Gasteiger partial charge in [-0.05, 0) is 38.5 Å². The fourth-order valence-electron chi connectivity index (χ4n) is 2.53. The molecule has 1 aliphatic rings. The Labute approximate surface area is 142 Å². The number of anilines is 2. The number of ether oxygens (including phenoxy) is 1. The van der Waals surface area contributed by atoms with Crippen LogP contribution in [0.15, 0.2) is 18.2 Å². The van der Waals surface area contributed by atoms with E-state index < -0.39 is 17.8 Å². The Morgan fingerprint density at radius 3 is 2.72 bits per heavy atom. The van der Waals surface area contributed by atoms with E-state index in [1.54, 1.807) is 0 Å². The Bertz CT molecular complexity index is 698. The van der Waals surface area contributed by atoms with Gasteiger partial charge < -0.3 is 15.2 Å². The van der Waals surface area contributed by atoms with Crippen LogP contribution in [0.2, 0.25) is 0 Å².